The fourth-order valence-electron chi connectivity index (χ4n) is 2.06. The molecule has 0 aliphatic heterocycles. The van der Waals surface area contributed by atoms with Gasteiger partial charge in [0.25, 0.3) is 0 Å². The maximum Gasteiger partial charge on any atom is 0.212 e. The summed E-state index contributed by atoms with van der Waals surface area (Å²) < 4.78 is 27.2. The van der Waals surface area contributed by atoms with Crippen molar-refractivity contribution < 1.29 is 8.42 Å². The minimum Gasteiger partial charge on any atom is -0.259 e. The first-order valence-electron chi connectivity index (χ1n) is 7.08. The van der Waals surface area contributed by atoms with E-state index in [1.807, 2.05) is 55.5 Å². The Morgan fingerprint density at radius 3 is 2.43 bits per heavy atom. The number of pyridine rings is 1. The highest BCUT2D eigenvalue weighted by Crippen LogP contribution is 2.21. The van der Waals surface area contributed by atoms with Gasteiger partial charge in [0.15, 0.2) is 0 Å². The van der Waals surface area contributed by atoms with Crippen molar-refractivity contribution in [2.24, 2.45) is 0 Å². The number of nitrogens with zero attached hydrogens (tertiary/aromatic N) is 1. The quantitative estimate of drug-likeness (QED) is 0.855. The third kappa shape index (κ3) is 4.65. The van der Waals surface area contributed by atoms with E-state index in [1.165, 1.54) is 0 Å². The Labute approximate surface area is 126 Å². The zero-order valence-corrected chi connectivity index (χ0v) is 12.9. The highest BCUT2D eigenvalue weighted by atomic mass is 32.2. The molecule has 0 saturated carbocycles. The second-order valence-electron chi connectivity index (χ2n) is 4.89. The number of unbranched alkanes of at least 4 members (excludes halogenated alkanes) is 1. The molecule has 0 saturated heterocycles. The van der Waals surface area contributed by atoms with Crippen LogP contribution in [0.1, 0.15) is 37.1 Å². The summed E-state index contributed by atoms with van der Waals surface area (Å²) in [6, 6.07) is 14.6. The molecule has 112 valence electrons. The van der Waals surface area contributed by atoms with Crippen molar-refractivity contribution in [1.29, 1.82) is 0 Å². The van der Waals surface area contributed by atoms with Crippen molar-refractivity contribution >= 4 is 10.0 Å². The molecule has 2 rings (SSSR count). The molecule has 5 heteroatoms. The third-order valence-corrected chi connectivity index (χ3v) is 4.60. The number of hydrogen-bond acceptors (Lipinski definition) is 3. The summed E-state index contributed by atoms with van der Waals surface area (Å²) in [5.41, 5.74) is 1.58. The summed E-state index contributed by atoms with van der Waals surface area (Å²) in [5, 5.41) is 0. The number of hydrogen-bond donors (Lipinski definition) is 1. The van der Waals surface area contributed by atoms with Crippen LogP contribution in [-0.2, 0) is 10.0 Å². The van der Waals surface area contributed by atoms with Crippen LogP contribution in [-0.4, -0.2) is 19.2 Å². The number of nitrogens with one attached hydrogen (secondary N) is 1. The highest BCUT2D eigenvalue weighted by molar-refractivity contribution is 7.89. The minimum atomic E-state index is -3.33. The van der Waals surface area contributed by atoms with Gasteiger partial charge in [-0.25, -0.2) is 13.1 Å². The molecule has 2 aromatic rings. The fraction of sp³-hybridized carbons (Fsp3) is 0.312. The van der Waals surface area contributed by atoms with E-state index in [9.17, 15) is 8.42 Å². The van der Waals surface area contributed by atoms with Crippen molar-refractivity contribution in [2.45, 2.75) is 25.8 Å². The maximum atomic E-state index is 12.2. The van der Waals surface area contributed by atoms with Gasteiger partial charge in [0.2, 0.25) is 10.0 Å². The van der Waals surface area contributed by atoms with Crippen LogP contribution in [0.25, 0.3) is 0 Å². The van der Waals surface area contributed by atoms with E-state index in [0.717, 1.165) is 12.0 Å². The van der Waals surface area contributed by atoms with E-state index in [-0.39, 0.29) is 5.75 Å². The Morgan fingerprint density at radius 1 is 1.10 bits per heavy atom. The summed E-state index contributed by atoms with van der Waals surface area (Å²) in [6.07, 6.45) is 3.17. The Balaban J connectivity index is 2.30. The number of rotatable bonds is 7. The van der Waals surface area contributed by atoms with Crippen LogP contribution < -0.4 is 4.72 Å². The normalized spacial score (nSPS) is 13.0. The molecule has 0 bridgehead atoms. The van der Waals surface area contributed by atoms with E-state index < -0.39 is 16.1 Å². The number of sulfonamides is 1. The zero-order valence-electron chi connectivity index (χ0n) is 12.1. The fourth-order valence-corrected chi connectivity index (χ4v) is 3.47. The molecule has 0 amide bonds. The van der Waals surface area contributed by atoms with Crippen LogP contribution in [0.15, 0.2) is 54.7 Å². The number of aromatic nitrogens is 1. The monoisotopic (exact) mass is 304 g/mol. The molecule has 1 atom stereocenters. The lowest BCUT2D eigenvalue weighted by molar-refractivity contribution is 0.567. The molecule has 0 fully saturated rings. The van der Waals surface area contributed by atoms with Crippen molar-refractivity contribution in [3.8, 4) is 0 Å². The largest absolute Gasteiger partial charge is 0.259 e. The Hall–Kier alpha value is -1.72. The topological polar surface area (TPSA) is 59.1 Å². The predicted molar refractivity (Wildman–Crippen MR) is 84.4 cm³/mol. The van der Waals surface area contributed by atoms with Gasteiger partial charge in [-0.15, -0.1) is 0 Å². The molecule has 1 aromatic carbocycles. The van der Waals surface area contributed by atoms with Crippen molar-refractivity contribution in [3.63, 3.8) is 0 Å². The molecule has 1 N–H and O–H groups in total. The first-order valence-corrected chi connectivity index (χ1v) is 8.73. The van der Waals surface area contributed by atoms with E-state index in [1.54, 1.807) is 6.20 Å². The summed E-state index contributed by atoms with van der Waals surface area (Å²) in [5.74, 6) is 0.139. The van der Waals surface area contributed by atoms with Gasteiger partial charge in [-0.1, -0.05) is 49.7 Å². The lowest BCUT2D eigenvalue weighted by Crippen LogP contribution is -2.31. The summed E-state index contributed by atoms with van der Waals surface area (Å²) in [7, 11) is -3.33. The molecule has 0 spiro atoms. The molecule has 4 nitrogen and oxygen atoms in total. The smallest absolute Gasteiger partial charge is 0.212 e. The zero-order chi connectivity index (χ0) is 15.1. The first kappa shape index (κ1) is 15.7. The van der Waals surface area contributed by atoms with Crippen LogP contribution in [0.5, 0.6) is 0 Å². The van der Waals surface area contributed by atoms with Gasteiger partial charge in [-0.05, 0) is 24.1 Å². The lowest BCUT2D eigenvalue weighted by atomic mass is 10.0. The Bertz CT molecular complexity index is 603. The van der Waals surface area contributed by atoms with Gasteiger partial charge < -0.3 is 0 Å². The molecule has 21 heavy (non-hydrogen) atoms. The van der Waals surface area contributed by atoms with Crippen molar-refractivity contribution in [3.05, 3.63) is 66.0 Å². The Morgan fingerprint density at radius 2 is 1.81 bits per heavy atom. The average molecular weight is 304 g/mol. The van der Waals surface area contributed by atoms with E-state index in [2.05, 4.69) is 9.71 Å². The molecular weight excluding hydrogens is 284 g/mol. The van der Waals surface area contributed by atoms with E-state index >= 15 is 0 Å². The van der Waals surface area contributed by atoms with Crippen molar-refractivity contribution in [1.82, 2.24) is 9.71 Å². The van der Waals surface area contributed by atoms with Crippen molar-refractivity contribution in [2.75, 3.05) is 5.75 Å². The van der Waals surface area contributed by atoms with Crippen LogP contribution in [0.4, 0.5) is 0 Å². The molecule has 0 unspecified atom stereocenters. The summed E-state index contributed by atoms with van der Waals surface area (Å²) >= 11 is 0. The molecule has 0 aliphatic rings. The first-order chi connectivity index (χ1) is 10.1. The third-order valence-electron chi connectivity index (χ3n) is 3.18. The standard InChI is InChI=1S/C16H20N2O2S/c1-2-3-13-21(19,20)18-16(14-9-5-4-6-10-14)15-11-7-8-12-17-15/h4-12,16,18H,2-3,13H2,1H3/t16-/m0/s1. The van der Waals surface area contributed by atoms with E-state index in [0.29, 0.717) is 12.1 Å². The summed E-state index contributed by atoms with van der Waals surface area (Å²) in [4.78, 5) is 4.29. The molecule has 0 radical (unpaired) electrons. The predicted octanol–water partition coefficient (Wildman–Crippen LogP) is 2.89. The van der Waals surface area contributed by atoms with Gasteiger partial charge in [0.1, 0.15) is 0 Å². The molecule has 1 heterocycles. The molecule has 1 aromatic heterocycles. The average Bonchev–Trinajstić information content (AvgIpc) is 2.52. The van der Waals surface area contributed by atoms with Gasteiger partial charge in [0, 0.05) is 6.20 Å². The summed E-state index contributed by atoms with van der Waals surface area (Å²) in [6.45, 7) is 1.98. The number of benzene rings is 1. The second kappa shape index (κ2) is 7.33. The Kier molecular flexibility index (Phi) is 5.47. The molecule has 0 aliphatic carbocycles. The maximum absolute atomic E-state index is 12.2. The SMILES string of the molecule is CCCCS(=O)(=O)N[C@@H](c1ccccc1)c1ccccn1. The highest BCUT2D eigenvalue weighted by Gasteiger charge is 2.21. The van der Waals surface area contributed by atoms with Gasteiger partial charge in [0.05, 0.1) is 17.5 Å². The van der Waals surface area contributed by atoms with Gasteiger partial charge in [-0.2, -0.15) is 0 Å². The van der Waals surface area contributed by atoms with Gasteiger partial charge in [-0.3, -0.25) is 4.98 Å². The van der Waals surface area contributed by atoms with Crippen LogP contribution in [0.3, 0.4) is 0 Å². The van der Waals surface area contributed by atoms with Crippen LogP contribution in [0.2, 0.25) is 0 Å². The van der Waals surface area contributed by atoms with Gasteiger partial charge >= 0.3 is 0 Å². The van der Waals surface area contributed by atoms with Crippen LogP contribution >= 0.6 is 0 Å². The van der Waals surface area contributed by atoms with Crippen LogP contribution in [0, 0.1) is 0 Å². The molecular formula is C16H20N2O2S. The second-order valence-corrected chi connectivity index (χ2v) is 6.76. The minimum absolute atomic E-state index is 0.139. The van der Waals surface area contributed by atoms with E-state index in [4.69, 9.17) is 0 Å². The lowest BCUT2D eigenvalue weighted by Gasteiger charge is -2.18.